The van der Waals surface area contributed by atoms with Gasteiger partial charge in [-0.1, -0.05) is 0 Å². The molecule has 2 aromatic heterocycles. The molecule has 0 unspecified atom stereocenters. The number of aryl methyl sites for hydroxylation is 3. The fourth-order valence-electron chi connectivity index (χ4n) is 1.99. The van der Waals surface area contributed by atoms with Gasteiger partial charge in [0.1, 0.15) is 5.52 Å². The highest BCUT2D eigenvalue weighted by Crippen LogP contribution is 2.21. The number of hydrogen-bond acceptors (Lipinski definition) is 5. The highest BCUT2D eigenvalue weighted by atomic mass is 16.5. The lowest BCUT2D eigenvalue weighted by Crippen LogP contribution is -2.12. The number of aromatic nitrogens is 4. The Bertz CT molecular complexity index is 584. The molecule has 0 spiro atoms. The van der Waals surface area contributed by atoms with Crippen LogP contribution in [-0.4, -0.2) is 32.4 Å². The average molecular weight is 251 g/mol. The third-order valence-electron chi connectivity index (χ3n) is 2.90. The summed E-state index contributed by atoms with van der Waals surface area (Å²) < 4.78 is 8.27. The van der Waals surface area contributed by atoms with Gasteiger partial charge in [0.05, 0.1) is 19.2 Å². The van der Waals surface area contributed by atoms with E-state index >= 15 is 0 Å². The Hall–Kier alpha value is -2.05. The average Bonchev–Trinajstić information content (AvgIpc) is 2.84. The van der Waals surface area contributed by atoms with Gasteiger partial charge in [-0.15, -0.1) is 0 Å². The molecule has 0 amide bonds. The van der Waals surface area contributed by atoms with Crippen LogP contribution in [0.5, 0.6) is 0 Å². The van der Waals surface area contributed by atoms with Crippen molar-refractivity contribution in [3.63, 3.8) is 0 Å². The molecule has 98 valence electrons. The van der Waals surface area contributed by atoms with Crippen LogP contribution in [0.25, 0.3) is 11.2 Å². The first-order valence-electron chi connectivity index (χ1n) is 5.84. The predicted molar refractivity (Wildman–Crippen MR) is 67.0 cm³/mol. The van der Waals surface area contributed by atoms with Crippen molar-refractivity contribution >= 4 is 23.1 Å². The highest BCUT2D eigenvalue weighted by Gasteiger charge is 2.17. The van der Waals surface area contributed by atoms with E-state index in [1.807, 2.05) is 18.5 Å². The van der Waals surface area contributed by atoms with E-state index in [2.05, 4.69) is 14.8 Å². The van der Waals surface area contributed by atoms with Gasteiger partial charge in [-0.05, 0) is 13.8 Å². The van der Waals surface area contributed by atoms with Crippen molar-refractivity contribution in [2.45, 2.75) is 33.4 Å². The second-order valence-corrected chi connectivity index (χ2v) is 4.02. The van der Waals surface area contributed by atoms with Gasteiger partial charge in [0.2, 0.25) is 5.95 Å². The number of nitrogens with two attached hydrogens (primary N) is 1. The fourth-order valence-corrected chi connectivity index (χ4v) is 1.99. The number of imidazole rings is 1. The molecule has 2 N–H and O–H groups in total. The first-order chi connectivity index (χ1) is 8.58. The first kappa shape index (κ1) is 12.4. The van der Waals surface area contributed by atoms with Crippen LogP contribution in [0.1, 0.15) is 19.0 Å². The molecule has 2 heterocycles. The lowest BCUT2D eigenvalue weighted by atomic mass is 10.4. The van der Waals surface area contributed by atoms with E-state index in [1.165, 1.54) is 7.11 Å². The molecule has 0 saturated carbocycles. The monoisotopic (exact) mass is 251 g/mol. The minimum atomic E-state index is -0.268. The molecule has 0 aliphatic heterocycles. The van der Waals surface area contributed by atoms with E-state index in [0.717, 1.165) is 23.4 Å². The third kappa shape index (κ3) is 1.92. The standard InChI is InChI=1S/C11H17N5O2/c1-4-16-10-9(7(2)14-16)13-11(12)15(10)6-5-8(17)18-3/h4-6H2,1-3H3,(H2,12,13). The van der Waals surface area contributed by atoms with Gasteiger partial charge in [0.25, 0.3) is 0 Å². The van der Waals surface area contributed by atoms with Gasteiger partial charge in [0.15, 0.2) is 5.65 Å². The maximum Gasteiger partial charge on any atom is 0.307 e. The summed E-state index contributed by atoms with van der Waals surface area (Å²) in [6.45, 7) is 5.07. The van der Waals surface area contributed by atoms with Crippen molar-refractivity contribution in [2.75, 3.05) is 12.8 Å². The van der Waals surface area contributed by atoms with Crippen LogP contribution in [0.4, 0.5) is 5.95 Å². The number of carbonyl (C=O) groups excluding carboxylic acids is 1. The Kier molecular flexibility index (Phi) is 3.22. The summed E-state index contributed by atoms with van der Waals surface area (Å²) in [5.41, 5.74) is 8.37. The zero-order valence-electron chi connectivity index (χ0n) is 10.8. The molecule has 0 radical (unpaired) electrons. The molecule has 0 aliphatic carbocycles. The Labute approximate surface area is 105 Å². The van der Waals surface area contributed by atoms with Crippen molar-refractivity contribution in [2.24, 2.45) is 0 Å². The second-order valence-electron chi connectivity index (χ2n) is 4.02. The quantitative estimate of drug-likeness (QED) is 0.808. The van der Waals surface area contributed by atoms with Crippen LogP contribution in [0.3, 0.4) is 0 Å². The van der Waals surface area contributed by atoms with Crippen LogP contribution in [0.15, 0.2) is 0 Å². The molecule has 2 aromatic rings. The van der Waals surface area contributed by atoms with Crippen LogP contribution in [0, 0.1) is 6.92 Å². The number of anilines is 1. The van der Waals surface area contributed by atoms with Crippen LogP contribution >= 0.6 is 0 Å². The predicted octanol–water partition coefficient (Wildman–Crippen LogP) is 0.706. The second kappa shape index (κ2) is 4.67. The molecule has 0 saturated heterocycles. The summed E-state index contributed by atoms with van der Waals surface area (Å²) in [7, 11) is 1.37. The minimum absolute atomic E-state index is 0.264. The van der Waals surface area contributed by atoms with Crippen molar-refractivity contribution in [1.82, 2.24) is 19.3 Å². The number of rotatable bonds is 4. The Morgan fingerprint density at radius 3 is 2.83 bits per heavy atom. The maximum absolute atomic E-state index is 11.2. The summed E-state index contributed by atoms with van der Waals surface area (Å²) in [4.78, 5) is 15.5. The molecule has 0 aromatic carbocycles. The minimum Gasteiger partial charge on any atom is -0.469 e. The molecule has 0 aliphatic rings. The van der Waals surface area contributed by atoms with Gasteiger partial charge in [-0.25, -0.2) is 9.67 Å². The summed E-state index contributed by atoms with van der Waals surface area (Å²) in [5.74, 6) is 0.132. The number of carbonyl (C=O) groups is 1. The van der Waals surface area contributed by atoms with Crippen LogP contribution in [-0.2, 0) is 22.6 Å². The summed E-state index contributed by atoms with van der Waals surface area (Å²) in [5, 5.41) is 4.38. The van der Waals surface area contributed by atoms with Crippen LogP contribution < -0.4 is 5.73 Å². The van der Waals surface area contributed by atoms with Gasteiger partial charge in [-0.2, -0.15) is 5.10 Å². The number of methoxy groups -OCH3 is 1. The summed E-state index contributed by atoms with van der Waals surface area (Å²) in [6, 6.07) is 0. The number of hydrogen-bond donors (Lipinski definition) is 1. The molecule has 18 heavy (non-hydrogen) atoms. The molecule has 2 rings (SSSR count). The van der Waals surface area contributed by atoms with Crippen LogP contribution in [0.2, 0.25) is 0 Å². The van der Waals surface area contributed by atoms with Crippen molar-refractivity contribution in [3.05, 3.63) is 5.69 Å². The molecular formula is C11H17N5O2. The topological polar surface area (TPSA) is 88.0 Å². The largest absolute Gasteiger partial charge is 0.469 e. The van der Waals surface area contributed by atoms with E-state index in [4.69, 9.17) is 5.73 Å². The number of nitrogens with zero attached hydrogens (tertiary/aromatic N) is 4. The fraction of sp³-hybridized carbons (Fsp3) is 0.545. The van der Waals surface area contributed by atoms with Gasteiger partial charge in [-0.3, -0.25) is 9.36 Å². The molecule has 0 atom stereocenters. The van der Waals surface area contributed by atoms with E-state index in [-0.39, 0.29) is 12.4 Å². The number of ether oxygens (including phenoxy) is 1. The number of esters is 1. The highest BCUT2D eigenvalue weighted by molar-refractivity contribution is 5.78. The third-order valence-corrected chi connectivity index (χ3v) is 2.90. The lowest BCUT2D eigenvalue weighted by molar-refractivity contribution is -0.140. The van der Waals surface area contributed by atoms with E-state index < -0.39 is 0 Å². The van der Waals surface area contributed by atoms with Gasteiger partial charge < -0.3 is 10.5 Å². The van der Waals surface area contributed by atoms with Gasteiger partial charge >= 0.3 is 5.97 Å². The Morgan fingerprint density at radius 1 is 1.50 bits per heavy atom. The zero-order valence-corrected chi connectivity index (χ0v) is 10.8. The number of fused-ring (bicyclic) bond motifs is 1. The van der Waals surface area contributed by atoms with Crippen molar-refractivity contribution in [1.29, 1.82) is 0 Å². The van der Waals surface area contributed by atoms with Gasteiger partial charge in [0, 0.05) is 13.1 Å². The maximum atomic E-state index is 11.2. The van der Waals surface area contributed by atoms with E-state index in [1.54, 1.807) is 4.57 Å². The smallest absolute Gasteiger partial charge is 0.307 e. The molecule has 7 heteroatoms. The normalized spacial score (nSPS) is 11.1. The molecular weight excluding hydrogens is 234 g/mol. The molecule has 0 fully saturated rings. The summed E-state index contributed by atoms with van der Waals surface area (Å²) in [6.07, 6.45) is 0.264. The SMILES string of the molecule is CCn1nc(C)c2nc(N)n(CCC(=O)OC)c21. The zero-order chi connectivity index (χ0) is 13.3. The molecule has 0 bridgehead atoms. The van der Waals surface area contributed by atoms with Crippen molar-refractivity contribution in [3.8, 4) is 0 Å². The first-order valence-corrected chi connectivity index (χ1v) is 5.84. The molecule has 7 nitrogen and oxygen atoms in total. The lowest BCUT2D eigenvalue weighted by Gasteiger charge is -2.06. The Morgan fingerprint density at radius 2 is 2.22 bits per heavy atom. The summed E-state index contributed by atoms with van der Waals surface area (Å²) >= 11 is 0. The van der Waals surface area contributed by atoms with Crippen molar-refractivity contribution < 1.29 is 9.53 Å². The van der Waals surface area contributed by atoms with E-state index in [9.17, 15) is 4.79 Å². The van der Waals surface area contributed by atoms with E-state index in [0.29, 0.717) is 12.5 Å². The Balaban J connectivity index is 2.42. The number of nitrogen functional groups attached to an aromatic ring is 1.